The Hall–Kier alpha value is -1.41. The Balaban J connectivity index is 1.90. The Morgan fingerprint density at radius 2 is 1.46 bits per heavy atom. The van der Waals surface area contributed by atoms with Crippen LogP contribution >= 0.6 is 11.6 Å². The average molecular weight is 405 g/mol. The van der Waals surface area contributed by atoms with Gasteiger partial charge in [-0.25, -0.2) is 0 Å². The molecule has 0 atom stereocenters. The highest BCUT2D eigenvalue weighted by molar-refractivity contribution is 6.17. The molecule has 0 radical (unpaired) electrons. The quantitative estimate of drug-likeness (QED) is 0.221. The van der Waals surface area contributed by atoms with Crippen LogP contribution in [0, 0.1) is 0 Å². The third-order valence-electron chi connectivity index (χ3n) is 5.22. The number of alkyl halides is 1. The first-order valence-corrected chi connectivity index (χ1v) is 11.7. The van der Waals surface area contributed by atoms with Gasteiger partial charge in [-0.3, -0.25) is 0 Å². The molecule has 0 unspecified atom stereocenters. The predicted octanol–water partition coefficient (Wildman–Crippen LogP) is 7.93. The fourth-order valence-electron chi connectivity index (χ4n) is 3.57. The first kappa shape index (κ1) is 22.9. The third-order valence-corrected chi connectivity index (χ3v) is 5.48. The molecule has 0 heterocycles. The van der Waals surface area contributed by atoms with Gasteiger partial charge in [0, 0.05) is 11.4 Å². The lowest BCUT2D eigenvalue weighted by molar-refractivity contribution is 0.303. The lowest BCUT2D eigenvalue weighted by Gasteiger charge is -2.14. The first-order chi connectivity index (χ1) is 13.8. The van der Waals surface area contributed by atoms with Gasteiger partial charge >= 0.3 is 0 Å². The normalized spacial score (nSPS) is 11.1. The van der Waals surface area contributed by atoms with Crippen LogP contribution in [0.3, 0.4) is 0 Å². The van der Waals surface area contributed by atoms with Gasteiger partial charge in [0.2, 0.25) is 0 Å². The summed E-state index contributed by atoms with van der Waals surface area (Å²) in [6, 6.07) is 10.7. The van der Waals surface area contributed by atoms with Crippen molar-refractivity contribution in [3.05, 3.63) is 35.9 Å². The molecule has 2 nitrogen and oxygen atoms in total. The van der Waals surface area contributed by atoms with Crippen LogP contribution in [0.25, 0.3) is 10.8 Å². The third kappa shape index (κ3) is 7.54. The van der Waals surface area contributed by atoms with E-state index in [4.69, 9.17) is 21.1 Å². The van der Waals surface area contributed by atoms with Crippen molar-refractivity contribution in [1.82, 2.24) is 0 Å². The van der Waals surface area contributed by atoms with Crippen molar-refractivity contribution in [3.8, 4) is 11.5 Å². The van der Waals surface area contributed by atoms with Crippen molar-refractivity contribution >= 4 is 22.4 Å². The second-order valence-electron chi connectivity index (χ2n) is 7.49. The van der Waals surface area contributed by atoms with Gasteiger partial charge in [0.1, 0.15) is 11.5 Å². The molecular formula is C25H37ClO2. The summed E-state index contributed by atoms with van der Waals surface area (Å²) >= 11 is 5.74. The van der Waals surface area contributed by atoms with Gasteiger partial charge in [-0.05, 0) is 61.1 Å². The molecule has 0 amide bonds. The van der Waals surface area contributed by atoms with Gasteiger partial charge < -0.3 is 9.47 Å². The Kier molecular flexibility index (Phi) is 11.2. The van der Waals surface area contributed by atoms with E-state index in [9.17, 15) is 0 Å². The molecule has 156 valence electrons. The fraction of sp³-hybridized carbons (Fsp3) is 0.600. The van der Waals surface area contributed by atoms with E-state index in [0.717, 1.165) is 62.7 Å². The maximum atomic E-state index is 6.06. The number of hydrogen-bond acceptors (Lipinski definition) is 2. The van der Waals surface area contributed by atoms with E-state index in [1.54, 1.807) is 0 Å². The van der Waals surface area contributed by atoms with E-state index < -0.39 is 0 Å². The number of unbranched alkanes of at least 4 members (excludes halogenated alkanes) is 7. The van der Waals surface area contributed by atoms with Crippen molar-refractivity contribution in [2.45, 2.75) is 78.1 Å². The van der Waals surface area contributed by atoms with E-state index >= 15 is 0 Å². The number of ether oxygens (including phenoxy) is 2. The molecule has 0 saturated heterocycles. The molecule has 0 N–H and O–H groups in total. The summed E-state index contributed by atoms with van der Waals surface area (Å²) in [4.78, 5) is 0. The minimum Gasteiger partial charge on any atom is -0.494 e. The summed E-state index contributed by atoms with van der Waals surface area (Å²) in [5.41, 5.74) is 1.29. The Labute approximate surface area is 176 Å². The molecule has 0 saturated carbocycles. The number of halogens is 1. The van der Waals surface area contributed by atoms with E-state index in [2.05, 4.69) is 44.2 Å². The van der Waals surface area contributed by atoms with Crippen molar-refractivity contribution < 1.29 is 9.47 Å². The van der Waals surface area contributed by atoms with Crippen molar-refractivity contribution in [3.63, 3.8) is 0 Å². The summed E-state index contributed by atoms with van der Waals surface area (Å²) < 4.78 is 12.0. The van der Waals surface area contributed by atoms with Crippen LogP contribution in [0.2, 0.25) is 0 Å². The Morgan fingerprint density at radius 1 is 0.750 bits per heavy atom. The molecule has 28 heavy (non-hydrogen) atoms. The maximum absolute atomic E-state index is 6.06. The van der Waals surface area contributed by atoms with Crippen LogP contribution in [0.5, 0.6) is 11.5 Å². The first-order valence-electron chi connectivity index (χ1n) is 11.2. The molecule has 0 aliphatic heterocycles. The number of hydrogen-bond donors (Lipinski definition) is 0. The average Bonchev–Trinajstić information content (AvgIpc) is 2.72. The molecule has 0 bridgehead atoms. The minimum absolute atomic E-state index is 0.736. The van der Waals surface area contributed by atoms with Gasteiger partial charge in [0.25, 0.3) is 0 Å². The minimum atomic E-state index is 0.736. The highest BCUT2D eigenvalue weighted by Gasteiger charge is 2.08. The summed E-state index contributed by atoms with van der Waals surface area (Å²) in [5.74, 6) is 2.72. The Morgan fingerprint density at radius 3 is 2.21 bits per heavy atom. The SMILES string of the molecule is CCCCCCCCOc1ccc2c(CC)c(OCCCCCCl)ccc2c1. The van der Waals surface area contributed by atoms with E-state index in [-0.39, 0.29) is 0 Å². The summed E-state index contributed by atoms with van der Waals surface area (Å²) in [5, 5.41) is 2.50. The highest BCUT2D eigenvalue weighted by Crippen LogP contribution is 2.31. The predicted molar refractivity (Wildman–Crippen MR) is 122 cm³/mol. The zero-order valence-electron chi connectivity index (χ0n) is 17.8. The number of rotatable bonds is 15. The number of aryl methyl sites for hydroxylation is 1. The molecule has 0 spiro atoms. The molecule has 2 aromatic carbocycles. The van der Waals surface area contributed by atoms with Gasteiger partial charge in [-0.15, -0.1) is 11.6 Å². The molecule has 0 fully saturated rings. The van der Waals surface area contributed by atoms with Gasteiger partial charge in [0.15, 0.2) is 0 Å². The highest BCUT2D eigenvalue weighted by atomic mass is 35.5. The zero-order valence-corrected chi connectivity index (χ0v) is 18.5. The molecule has 0 aliphatic carbocycles. The van der Waals surface area contributed by atoms with Crippen LogP contribution in [0.4, 0.5) is 0 Å². The second-order valence-corrected chi connectivity index (χ2v) is 7.87. The number of benzene rings is 2. The van der Waals surface area contributed by atoms with E-state index in [0.29, 0.717) is 0 Å². The standard InChI is InChI=1S/C25H37ClO2/c1-3-5-6-7-8-11-18-27-22-14-15-24-21(20-22)13-16-25(23(24)4-2)28-19-12-9-10-17-26/h13-16,20H,3-12,17-19H2,1-2H3. The lowest BCUT2D eigenvalue weighted by Crippen LogP contribution is -2.01. The lowest BCUT2D eigenvalue weighted by atomic mass is 10.0. The van der Waals surface area contributed by atoms with Crippen molar-refractivity contribution in [2.24, 2.45) is 0 Å². The van der Waals surface area contributed by atoms with Gasteiger partial charge in [-0.1, -0.05) is 58.1 Å². The largest absolute Gasteiger partial charge is 0.494 e. The summed E-state index contributed by atoms with van der Waals surface area (Å²) in [6.07, 6.45) is 11.9. The molecular weight excluding hydrogens is 368 g/mol. The molecule has 0 aromatic heterocycles. The van der Waals surface area contributed by atoms with Crippen LogP contribution in [0.15, 0.2) is 30.3 Å². The van der Waals surface area contributed by atoms with Crippen LogP contribution in [-0.2, 0) is 6.42 Å². The number of fused-ring (bicyclic) bond motifs is 1. The summed E-state index contributed by atoms with van der Waals surface area (Å²) in [7, 11) is 0. The molecule has 0 aliphatic rings. The molecule has 3 heteroatoms. The van der Waals surface area contributed by atoms with Crippen LogP contribution in [-0.4, -0.2) is 19.1 Å². The summed E-state index contributed by atoms with van der Waals surface area (Å²) in [6.45, 7) is 6.01. The van der Waals surface area contributed by atoms with Crippen molar-refractivity contribution in [2.75, 3.05) is 19.1 Å². The zero-order chi connectivity index (χ0) is 20.0. The molecule has 2 aromatic rings. The molecule has 2 rings (SSSR count). The van der Waals surface area contributed by atoms with Crippen LogP contribution < -0.4 is 9.47 Å². The van der Waals surface area contributed by atoms with Gasteiger partial charge in [0.05, 0.1) is 13.2 Å². The maximum Gasteiger partial charge on any atom is 0.123 e. The Bertz CT molecular complexity index is 684. The second kappa shape index (κ2) is 13.7. The van der Waals surface area contributed by atoms with E-state index in [1.807, 2.05) is 0 Å². The monoisotopic (exact) mass is 404 g/mol. The fourth-order valence-corrected chi connectivity index (χ4v) is 3.76. The van der Waals surface area contributed by atoms with Crippen molar-refractivity contribution in [1.29, 1.82) is 0 Å². The van der Waals surface area contributed by atoms with Crippen LogP contribution in [0.1, 0.15) is 77.2 Å². The topological polar surface area (TPSA) is 18.5 Å². The van der Waals surface area contributed by atoms with Gasteiger partial charge in [-0.2, -0.15) is 0 Å². The van der Waals surface area contributed by atoms with E-state index in [1.165, 1.54) is 48.4 Å². The smallest absolute Gasteiger partial charge is 0.123 e.